The minimum absolute atomic E-state index is 0.0368. The summed E-state index contributed by atoms with van der Waals surface area (Å²) in [7, 11) is -3.59. The second-order valence-corrected chi connectivity index (χ2v) is 7.78. The molecule has 1 fully saturated rings. The summed E-state index contributed by atoms with van der Waals surface area (Å²) >= 11 is 0. The average Bonchev–Trinajstić information content (AvgIpc) is 2.52. The van der Waals surface area contributed by atoms with Crippen molar-refractivity contribution in [3.05, 3.63) is 34.4 Å². The van der Waals surface area contributed by atoms with E-state index in [-0.39, 0.29) is 11.4 Å². The summed E-state index contributed by atoms with van der Waals surface area (Å²) in [6.07, 6.45) is 0. The lowest BCUT2D eigenvalue weighted by atomic mass is 10.2. The van der Waals surface area contributed by atoms with E-state index in [1.165, 1.54) is 12.1 Å². The van der Waals surface area contributed by atoms with Gasteiger partial charge in [-0.1, -0.05) is 6.07 Å². The Morgan fingerprint density at radius 2 is 1.92 bits per heavy atom. The topological polar surface area (TPSA) is 121 Å². The Labute approximate surface area is 139 Å². The molecule has 9 nitrogen and oxygen atoms in total. The fourth-order valence-electron chi connectivity index (χ4n) is 2.56. The molecule has 2 rings (SSSR count). The van der Waals surface area contributed by atoms with Gasteiger partial charge < -0.3 is 10.0 Å². The summed E-state index contributed by atoms with van der Waals surface area (Å²) in [6, 6.07) is 6.40. The Morgan fingerprint density at radius 1 is 1.25 bits per heavy atom. The van der Waals surface area contributed by atoms with E-state index in [4.69, 9.17) is 5.11 Å². The number of nitro groups is 1. The van der Waals surface area contributed by atoms with Crippen molar-refractivity contribution < 1.29 is 23.2 Å². The maximum atomic E-state index is 11.6. The van der Waals surface area contributed by atoms with E-state index in [0.29, 0.717) is 32.7 Å². The molecule has 1 saturated heterocycles. The molecule has 0 atom stereocenters. The highest BCUT2D eigenvalue weighted by molar-refractivity contribution is 7.92. The summed E-state index contributed by atoms with van der Waals surface area (Å²) in [4.78, 5) is 24.8. The number of rotatable bonds is 7. The molecule has 24 heavy (non-hydrogen) atoms. The minimum Gasteiger partial charge on any atom is -0.480 e. The molecule has 0 spiro atoms. The smallest absolute Gasteiger partial charge is 0.318 e. The van der Waals surface area contributed by atoms with Gasteiger partial charge in [0.1, 0.15) is 5.75 Å². The van der Waals surface area contributed by atoms with E-state index in [2.05, 4.69) is 0 Å². The van der Waals surface area contributed by atoms with Crippen molar-refractivity contribution in [3.63, 3.8) is 0 Å². The number of piperazine rings is 1. The number of nitro benzene ring substituents is 1. The second kappa shape index (κ2) is 7.58. The first-order valence-corrected chi connectivity index (χ1v) is 9.23. The van der Waals surface area contributed by atoms with Crippen LogP contribution in [0.25, 0.3) is 0 Å². The number of carboxylic acid groups (broad SMARTS) is 1. The van der Waals surface area contributed by atoms with Crippen LogP contribution >= 0.6 is 0 Å². The molecule has 10 heteroatoms. The van der Waals surface area contributed by atoms with Crippen molar-refractivity contribution >= 4 is 27.2 Å². The van der Waals surface area contributed by atoms with Gasteiger partial charge in [0, 0.05) is 50.5 Å². The van der Waals surface area contributed by atoms with Gasteiger partial charge in [0.25, 0.3) is 5.69 Å². The van der Waals surface area contributed by atoms with Crippen molar-refractivity contribution in [1.82, 2.24) is 4.90 Å². The molecule has 0 aliphatic carbocycles. The van der Waals surface area contributed by atoms with Gasteiger partial charge in [-0.3, -0.25) is 19.8 Å². The Morgan fingerprint density at radius 3 is 2.50 bits per heavy atom. The predicted molar refractivity (Wildman–Crippen MR) is 88.0 cm³/mol. The zero-order chi connectivity index (χ0) is 17.7. The second-order valence-electron chi connectivity index (χ2n) is 5.59. The van der Waals surface area contributed by atoms with Gasteiger partial charge in [-0.05, 0) is 6.07 Å². The largest absolute Gasteiger partial charge is 0.480 e. The van der Waals surface area contributed by atoms with Gasteiger partial charge in [-0.25, -0.2) is 8.42 Å². The number of hydrogen-bond donors (Lipinski definition) is 1. The Bertz CT molecular complexity index is 713. The Kier molecular flexibility index (Phi) is 5.73. The number of benzene rings is 1. The van der Waals surface area contributed by atoms with E-state index < -0.39 is 26.5 Å². The van der Waals surface area contributed by atoms with Crippen LogP contribution < -0.4 is 4.90 Å². The molecular formula is C14H19N3O6S. The van der Waals surface area contributed by atoms with Crippen LogP contribution in [-0.2, 0) is 14.6 Å². The monoisotopic (exact) mass is 357 g/mol. The third-order valence-corrected chi connectivity index (χ3v) is 5.33. The van der Waals surface area contributed by atoms with Crippen molar-refractivity contribution in [2.45, 2.75) is 0 Å². The molecule has 1 aliphatic heterocycles. The number of carboxylic acids is 1. The van der Waals surface area contributed by atoms with Crippen LogP contribution in [0.2, 0.25) is 0 Å². The fourth-order valence-corrected chi connectivity index (χ4v) is 3.62. The number of sulfone groups is 1. The molecule has 1 aliphatic rings. The van der Waals surface area contributed by atoms with Gasteiger partial charge in [-0.2, -0.15) is 0 Å². The minimum atomic E-state index is -3.59. The predicted octanol–water partition coefficient (Wildman–Crippen LogP) is 0.216. The zero-order valence-electron chi connectivity index (χ0n) is 13.0. The van der Waals surface area contributed by atoms with E-state index in [1.807, 2.05) is 9.80 Å². The molecule has 1 aromatic carbocycles. The van der Waals surface area contributed by atoms with Gasteiger partial charge in [-0.15, -0.1) is 0 Å². The standard InChI is InChI=1S/C14H19N3O6S/c18-14(19)11-24(22,23)9-8-15-4-6-16(7-5-15)12-2-1-3-13(10-12)17(20)21/h1-3,10H,4-9,11H2,(H,18,19). The maximum Gasteiger partial charge on any atom is 0.318 e. The van der Waals surface area contributed by atoms with Crippen molar-refractivity contribution in [3.8, 4) is 0 Å². The van der Waals surface area contributed by atoms with E-state index in [1.54, 1.807) is 12.1 Å². The van der Waals surface area contributed by atoms with E-state index in [0.717, 1.165) is 5.69 Å². The summed E-state index contributed by atoms with van der Waals surface area (Å²) in [6.45, 7) is 2.77. The molecule has 0 saturated carbocycles. The van der Waals surface area contributed by atoms with Crippen molar-refractivity contribution in [2.75, 3.05) is 49.1 Å². The van der Waals surface area contributed by atoms with Crippen molar-refractivity contribution in [1.29, 1.82) is 0 Å². The van der Waals surface area contributed by atoms with Gasteiger partial charge in [0.05, 0.1) is 10.7 Å². The van der Waals surface area contributed by atoms with E-state index >= 15 is 0 Å². The lowest BCUT2D eigenvalue weighted by molar-refractivity contribution is -0.384. The molecule has 0 bridgehead atoms. The average molecular weight is 357 g/mol. The first kappa shape index (κ1) is 18.1. The molecule has 0 unspecified atom stereocenters. The summed E-state index contributed by atoms with van der Waals surface area (Å²) < 4.78 is 23.2. The molecule has 132 valence electrons. The Hall–Kier alpha value is -2.20. The molecular weight excluding hydrogens is 338 g/mol. The quantitative estimate of drug-likeness (QED) is 0.543. The Balaban J connectivity index is 1.86. The van der Waals surface area contributed by atoms with E-state index in [9.17, 15) is 23.3 Å². The molecule has 0 radical (unpaired) electrons. The van der Waals surface area contributed by atoms with Crippen LogP contribution in [0.1, 0.15) is 0 Å². The number of carbonyl (C=O) groups is 1. The summed E-state index contributed by atoms with van der Waals surface area (Å²) in [5.41, 5.74) is 0.803. The number of non-ortho nitro benzene ring substituents is 1. The van der Waals surface area contributed by atoms with Crippen LogP contribution in [0.15, 0.2) is 24.3 Å². The van der Waals surface area contributed by atoms with Crippen LogP contribution in [0.4, 0.5) is 11.4 Å². The first-order chi connectivity index (χ1) is 11.3. The lowest BCUT2D eigenvalue weighted by Crippen LogP contribution is -2.47. The SMILES string of the molecule is O=C(O)CS(=O)(=O)CCN1CCN(c2cccc([N+](=O)[O-])c2)CC1. The van der Waals surface area contributed by atoms with Crippen LogP contribution in [0.3, 0.4) is 0 Å². The molecule has 1 heterocycles. The number of nitrogens with zero attached hydrogens (tertiary/aromatic N) is 3. The lowest BCUT2D eigenvalue weighted by Gasteiger charge is -2.35. The van der Waals surface area contributed by atoms with Gasteiger partial charge in [0.2, 0.25) is 0 Å². The summed E-state index contributed by atoms with van der Waals surface area (Å²) in [5.74, 6) is -2.37. The van der Waals surface area contributed by atoms with Crippen LogP contribution in [0.5, 0.6) is 0 Å². The maximum absolute atomic E-state index is 11.6. The zero-order valence-corrected chi connectivity index (χ0v) is 13.8. The highest BCUT2D eigenvalue weighted by Gasteiger charge is 2.22. The third-order valence-electron chi connectivity index (χ3n) is 3.84. The fraction of sp³-hybridized carbons (Fsp3) is 0.500. The van der Waals surface area contributed by atoms with Crippen LogP contribution in [0, 0.1) is 10.1 Å². The molecule has 0 aromatic heterocycles. The molecule has 1 N–H and O–H groups in total. The summed E-state index contributed by atoms with van der Waals surface area (Å²) in [5, 5.41) is 19.4. The highest BCUT2D eigenvalue weighted by Crippen LogP contribution is 2.22. The van der Waals surface area contributed by atoms with Gasteiger partial charge >= 0.3 is 5.97 Å². The van der Waals surface area contributed by atoms with Gasteiger partial charge in [0.15, 0.2) is 9.84 Å². The van der Waals surface area contributed by atoms with Crippen molar-refractivity contribution in [2.24, 2.45) is 0 Å². The highest BCUT2D eigenvalue weighted by atomic mass is 32.2. The number of hydrogen-bond acceptors (Lipinski definition) is 7. The normalized spacial score (nSPS) is 16.1. The third kappa shape index (κ3) is 5.17. The molecule has 1 aromatic rings. The number of aliphatic carboxylic acids is 1. The van der Waals surface area contributed by atoms with Crippen LogP contribution in [-0.4, -0.2) is 73.5 Å². The first-order valence-electron chi connectivity index (χ1n) is 7.41. The molecule has 0 amide bonds. The number of anilines is 1.